The summed E-state index contributed by atoms with van der Waals surface area (Å²) in [4.78, 5) is 21.8. The normalized spacial score (nSPS) is 21.1. The molecule has 0 bridgehead atoms. The van der Waals surface area contributed by atoms with Crippen LogP contribution in [0.25, 0.3) is 0 Å². The van der Waals surface area contributed by atoms with Crippen molar-refractivity contribution in [3.05, 3.63) is 0 Å². The van der Waals surface area contributed by atoms with Gasteiger partial charge in [-0.2, -0.15) is 12.7 Å². The molecule has 0 aromatic carbocycles. The molecular formula is C7H12N2O6S2. The molecular weight excluding hydrogens is 272 g/mol. The van der Waals surface area contributed by atoms with Crippen molar-refractivity contribution in [2.75, 3.05) is 18.2 Å². The Labute approximate surface area is 102 Å². The molecule has 0 spiro atoms. The summed E-state index contributed by atoms with van der Waals surface area (Å²) in [7, 11) is -4.17. The standard InChI is InChI=1S/C7H12N2O6S2/c1-2-15-7(12)8-17(13,14)9-4-16-3-5(9)6(10)11/h5H,2-4H2,1H3,(H,8,12)(H,10,11)/t5-/m0/s1. The Bertz CT molecular complexity index is 409. The molecule has 0 aromatic heterocycles. The van der Waals surface area contributed by atoms with Crippen LogP contribution in [0.1, 0.15) is 6.92 Å². The Morgan fingerprint density at radius 1 is 1.59 bits per heavy atom. The van der Waals surface area contributed by atoms with Gasteiger partial charge in [-0.05, 0) is 6.92 Å². The summed E-state index contributed by atoms with van der Waals surface area (Å²) in [5, 5.41) is 8.82. The van der Waals surface area contributed by atoms with Crippen LogP contribution in [0.5, 0.6) is 0 Å². The number of aliphatic carboxylic acids is 1. The minimum Gasteiger partial charge on any atom is -0.480 e. The fourth-order valence-electron chi connectivity index (χ4n) is 1.18. The minimum atomic E-state index is -4.17. The number of thioether (sulfide) groups is 1. The molecule has 1 atom stereocenters. The number of carboxylic acids is 1. The Kier molecular flexibility index (Phi) is 4.60. The maximum absolute atomic E-state index is 11.7. The maximum Gasteiger partial charge on any atom is 0.421 e. The number of hydrogen-bond donors (Lipinski definition) is 2. The minimum absolute atomic E-state index is 0.00823. The van der Waals surface area contributed by atoms with E-state index in [9.17, 15) is 18.0 Å². The van der Waals surface area contributed by atoms with Gasteiger partial charge in [0.25, 0.3) is 0 Å². The van der Waals surface area contributed by atoms with Crippen LogP contribution in [0.4, 0.5) is 4.79 Å². The smallest absolute Gasteiger partial charge is 0.421 e. The molecule has 1 amide bonds. The SMILES string of the molecule is CCOC(=O)NS(=O)(=O)N1CSC[C@H]1C(=O)O. The summed E-state index contributed by atoms with van der Waals surface area (Å²) in [6.45, 7) is 1.55. The largest absolute Gasteiger partial charge is 0.480 e. The highest BCUT2D eigenvalue weighted by Crippen LogP contribution is 2.23. The quantitative estimate of drug-likeness (QED) is 0.711. The van der Waals surface area contributed by atoms with Gasteiger partial charge in [0.05, 0.1) is 12.5 Å². The second kappa shape index (κ2) is 5.56. The van der Waals surface area contributed by atoms with Gasteiger partial charge < -0.3 is 9.84 Å². The van der Waals surface area contributed by atoms with Crippen LogP contribution < -0.4 is 4.72 Å². The fourth-order valence-corrected chi connectivity index (χ4v) is 3.95. The number of amides is 1. The van der Waals surface area contributed by atoms with Gasteiger partial charge in [0.1, 0.15) is 6.04 Å². The number of rotatable bonds is 4. The van der Waals surface area contributed by atoms with Gasteiger partial charge in [0.2, 0.25) is 0 Å². The zero-order valence-corrected chi connectivity index (χ0v) is 10.6. The molecule has 1 aliphatic rings. The van der Waals surface area contributed by atoms with Crippen molar-refractivity contribution in [2.45, 2.75) is 13.0 Å². The van der Waals surface area contributed by atoms with E-state index in [-0.39, 0.29) is 18.2 Å². The Morgan fingerprint density at radius 3 is 2.76 bits per heavy atom. The van der Waals surface area contributed by atoms with Gasteiger partial charge in [0, 0.05) is 5.75 Å². The van der Waals surface area contributed by atoms with E-state index in [1.807, 2.05) is 0 Å². The van der Waals surface area contributed by atoms with Crippen LogP contribution in [-0.4, -0.2) is 54.2 Å². The number of ether oxygens (including phenoxy) is 1. The molecule has 0 saturated carbocycles. The summed E-state index contributed by atoms with van der Waals surface area (Å²) >= 11 is 1.16. The second-order valence-electron chi connectivity index (χ2n) is 3.07. The van der Waals surface area contributed by atoms with E-state index in [1.165, 1.54) is 6.92 Å². The topological polar surface area (TPSA) is 113 Å². The third kappa shape index (κ3) is 3.48. The highest BCUT2D eigenvalue weighted by Gasteiger charge is 2.40. The monoisotopic (exact) mass is 284 g/mol. The zero-order valence-electron chi connectivity index (χ0n) is 8.95. The number of carboxylic acid groups (broad SMARTS) is 1. The first kappa shape index (κ1) is 14.1. The van der Waals surface area contributed by atoms with Crippen LogP contribution in [0.2, 0.25) is 0 Å². The third-order valence-electron chi connectivity index (χ3n) is 1.92. The van der Waals surface area contributed by atoms with E-state index in [1.54, 1.807) is 4.72 Å². The van der Waals surface area contributed by atoms with E-state index in [4.69, 9.17) is 5.11 Å². The molecule has 0 radical (unpaired) electrons. The van der Waals surface area contributed by atoms with Crippen molar-refractivity contribution in [2.24, 2.45) is 0 Å². The van der Waals surface area contributed by atoms with E-state index < -0.39 is 28.3 Å². The van der Waals surface area contributed by atoms with Gasteiger partial charge in [-0.25, -0.2) is 9.52 Å². The molecule has 1 fully saturated rings. The lowest BCUT2D eigenvalue weighted by atomic mass is 10.4. The lowest BCUT2D eigenvalue weighted by Gasteiger charge is -2.19. The van der Waals surface area contributed by atoms with Crippen LogP contribution >= 0.6 is 11.8 Å². The average molecular weight is 284 g/mol. The van der Waals surface area contributed by atoms with Crippen LogP contribution in [-0.2, 0) is 19.7 Å². The van der Waals surface area contributed by atoms with Crippen LogP contribution in [0.3, 0.4) is 0 Å². The van der Waals surface area contributed by atoms with E-state index in [2.05, 4.69) is 4.74 Å². The van der Waals surface area contributed by atoms with Crippen molar-refractivity contribution in [3.63, 3.8) is 0 Å². The van der Waals surface area contributed by atoms with E-state index in [0.29, 0.717) is 0 Å². The molecule has 0 aliphatic carbocycles. The number of nitrogens with zero attached hydrogens (tertiary/aromatic N) is 1. The number of nitrogens with one attached hydrogen (secondary N) is 1. The van der Waals surface area contributed by atoms with Crippen molar-refractivity contribution in [1.82, 2.24) is 9.03 Å². The molecule has 17 heavy (non-hydrogen) atoms. The summed E-state index contributed by atoms with van der Waals surface area (Å²) in [5.41, 5.74) is 0. The average Bonchev–Trinajstić information content (AvgIpc) is 2.65. The van der Waals surface area contributed by atoms with Crippen molar-refractivity contribution in [3.8, 4) is 0 Å². The molecule has 1 heterocycles. The summed E-state index contributed by atoms with van der Waals surface area (Å²) in [6, 6.07) is -1.16. The van der Waals surface area contributed by atoms with Crippen LogP contribution in [0, 0.1) is 0 Å². The first-order valence-electron chi connectivity index (χ1n) is 4.65. The first-order valence-corrected chi connectivity index (χ1v) is 7.25. The number of carbonyl (C=O) groups is 2. The molecule has 1 aliphatic heterocycles. The number of hydrogen-bond acceptors (Lipinski definition) is 6. The first-order chi connectivity index (χ1) is 7.88. The van der Waals surface area contributed by atoms with Gasteiger partial charge in [-0.3, -0.25) is 4.79 Å². The molecule has 0 aromatic rings. The summed E-state index contributed by atoms with van der Waals surface area (Å²) < 4.78 is 30.1. The van der Waals surface area contributed by atoms with Gasteiger partial charge >= 0.3 is 22.3 Å². The predicted molar refractivity (Wildman–Crippen MR) is 59.7 cm³/mol. The third-order valence-corrected chi connectivity index (χ3v) is 4.52. The molecule has 10 heteroatoms. The van der Waals surface area contributed by atoms with Gasteiger partial charge in [0.15, 0.2) is 0 Å². The molecule has 2 N–H and O–H groups in total. The second-order valence-corrected chi connectivity index (χ2v) is 5.69. The van der Waals surface area contributed by atoms with Crippen molar-refractivity contribution in [1.29, 1.82) is 0 Å². The van der Waals surface area contributed by atoms with Crippen LogP contribution in [0.15, 0.2) is 0 Å². The van der Waals surface area contributed by atoms with E-state index >= 15 is 0 Å². The Balaban J connectivity index is 2.76. The lowest BCUT2D eigenvalue weighted by Crippen LogP contribution is -2.49. The predicted octanol–water partition coefficient (Wildman–Crippen LogP) is -0.563. The van der Waals surface area contributed by atoms with Gasteiger partial charge in [-0.1, -0.05) is 0 Å². The molecule has 98 valence electrons. The summed E-state index contributed by atoms with van der Waals surface area (Å²) in [5.74, 6) is -1.10. The van der Waals surface area contributed by atoms with Crippen molar-refractivity contribution < 1.29 is 27.9 Å². The molecule has 1 rings (SSSR count). The molecule has 0 unspecified atom stereocenters. The highest BCUT2D eigenvalue weighted by molar-refractivity contribution is 8.00. The van der Waals surface area contributed by atoms with Crippen molar-refractivity contribution >= 4 is 34.0 Å². The lowest BCUT2D eigenvalue weighted by molar-refractivity contribution is -0.140. The highest BCUT2D eigenvalue weighted by atomic mass is 32.2. The molecule has 8 nitrogen and oxygen atoms in total. The Hall–Kier alpha value is -1.00. The maximum atomic E-state index is 11.7. The Morgan fingerprint density at radius 2 is 2.24 bits per heavy atom. The van der Waals surface area contributed by atoms with Gasteiger partial charge in [-0.15, -0.1) is 11.8 Å². The fraction of sp³-hybridized carbons (Fsp3) is 0.714. The summed E-state index contributed by atoms with van der Waals surface area (Å²) in [6.07, 6.45) is -1.12. The van der Waals surface area contributed by atoms with E-state index in [0.717, 1.165) is 16.1 Å². The zero-order chi connectivity index (χ0) is 13.1. The number of carbonyl (C=O) groups excluding carboxylic acids is 1. The molecule has 1 saturated heterocycles.